The van der Waals surface area contributed by atoms with Crippen LogP contribution in [0.2, 0.25) is 0 Å². The van der Waals surface area contributed by atoms with Crippen LogP contribution in [-0.2, 0) is 10.0 Å². The third-order valence-electron chi connectivity index (χ3n) is 4.49. The van der Waals surface area contributed by atoms with E-state index in [4.69, 9.17) is 0 Å². The summed E-state index contributed by atoms with van der Waals surface area (Å²) in [5.41, 5.74) is 1.97. The highest BCUT2D eigenvalue weighted by Gasteiger charge is 2.31. The van der Waals surface area contributed by atoms with Crippen molar-refractivity contribution in [3.8, 4) is 11.8 Å². The SMILES string of the molecule is Cc1ccc(S(=O)(=O)N2CCCCCC2C#Cc2ccccc2)cc1. The Hall–Kier alpha value is -2.09. The fraction of sp³-hybridized carbons (Fsp3) is 0.333. The summed E-state index contributed by atoms with van der Waals surface area (Å²) >= 11 is 0. The van der Waals surface area contributed by atoms with Crippen molar-refractivity contribution in [1.82, 2.24) is 4.31 Å². The van der Waals surface area contributed by atoms with E-state index in [1.165, 1.54) is 0 Å². The van der Waals surface area contributed by atoms with Gasteiger partial charge in [0.2, 0.25) is 10.0 Å². The average molecular weight is 353 g/mol. The second kappa shape index (κ2) is 7.86. The summed E-state index contributed by atoms with van der Waals surface area (Å²) in [5.74, 6) is 6.36. The van der Waals surface area contributed by atoms with E-state index in [0.717, 1.165) is 36.8 Å². The van der Waals surface area contributed by atoms with Gasteiger partial charge in [-0.25, -0.2) is 8.42 Å². The van der Waals surface area contributed by atoms with Gasteiger partial charge >= 0.3 is 0 Å². The van der Waals surface area contributed by atoms with Gasteiger partial charge in [-0.1, -0.05) is 60.6 Å². The van der Waals surface area contributed by atoms with Gasteiger partial charge in [0, 0.05) is 12.1 Å². The molecule has 0 aromatic heterocycles. The van der Waals surface area contributed by atoms with E-state index < -0.39 is 10.0 Å². The number of hydrogen-bond acceptors (Lipinski definition) is 2. The van der Waals surface area contributed by atoms with Crippen molar-refractivity contribution >= 4 is 10.0 Å². The standard InChI is InChI=1S/C21H23NO2S/c1-18-11-15-21(16-12-18)25(23,24)22-17-7-3-6-10-20(22)14-13-19-8-4-2-5-9-19/h2,4-5,8-9,11-12,15-16,20H,3,6-7,10,17H2,1H3. The molecule has 3 nitrogen and oxygen atoms in total. The quantitative estimate of drug-likeness (QED) is 0.766. The lowest BCUT2D eigenvalue weighted by molar-refractivity contribution is 0.376. The van der Waals surface area contributed by atoms with Crippen LogP contribution >= 0.6 is 0 Å². The molecule has 130 valence electrons. The molecule has 1 saturated heterocycles. The number of sulfonamides is 1. The first-order chi connectivity index (χ1) is 12.1. The van der Waals surface area contributed by atoms with Crippen LogP contribution in [0.4, 0.5) is 0 Å². The summed E-state index contributed by atoms with van der Waals surface area (Å²) in [4.78, 5) is 0.353. The van der Waals surface area contributed by atoms with E-state index in [0.29, 0.717) is 11.4 Å². The molecule has 1 unspecified atom stereocenters. The predicted octanol–water partition coefficient (Wildman–Crippen LogP) is 3.98. The van der Waals surface area contributed by atoms with Gasteiger partial charge in [0.15, 0.2) is 0 Å². The van der Waals surface area contributed by atoms with Crippen LogP contribution in [0, 0.1) is 18.8 Å². The molecule has 2 aromatic rings. The molecule has 0 spiro atoms. The normalized spacial score (nSPS) is 18.8. The molecule has 1 atom stereocenters. The summed E-state index contributed by atoms with van der Waals surface area (Å²) in [7, 11) is -3.52. The third-order valence-corrected chi connectivity index (χ3v) is 6.41. The van der Waals surface area contributed by atoms with Crippen molar-refractivity contribution in [3.63, 3.8) is 0 Å². The molecular formula is C21H23NO2S. The Morgan fingerprint density at radius 3 is 2.40 bits per heavy atom. The van der Waals surface area contributed by atoms with Crippen LogP contribution in [0.1, 0.15) is 36.8 Å². The zero-order chi connectivity index (χ0) is 17.7. The Kier molecular flexibility index (Phi) is 5.57. The number of hydrogen-bond donors (Lipinski definition) is 0. The molecule has 0 aliphatic carbocycles. The summed E-state index contributed by atoms with van der Waals surface area (Å²) in [6.07, 6.45) is 3.72. The highest BCUT2D eigenvalue weighted by Crippen LogP contribution is 2.25. The first-order valence-electron chi connectivity index (χ1n) is 8.72. The Morgan fingerprint density at radius 1 is 0.960 bits per heavy atom. The molecule has 25 heavy (non-hydrogen) atoms. The fourth-order valence-electron chi connectivity index (χ4n) is 3.05. The Balaban J connectivity index is 1.93. The van der Waals surface area contributed by atoms with Gasteiger partial charge in [-0.2, -0.15) is 4.31 Å². The van der Waals surface area contributed by atoms with Crippen LogP contribution in [-0.4, -0.2) is 25.3 Å². The highest BCUT2D eigenvalue weighted by molar-refractivity contribution is 7.89. The Labute approximate surface area is 150 Å². The second-order valence-corrected chi connectivity index (χ2v) is 8.32. The molecule has 1 aliphatic rings. The lowest BCUT2D eigenvalue weighted by atomic mass is 10.1. The summed E-state index contributed by atoms with van der Waals surface area (Å²) in [6.45, 7) is 2.49. The van der Waals surface area contributed by atoms with Gasteiger partial charge in [0.05, 0.1) is 10.9 Å². The molecule has 0 radical (unpaired) electrons. The third kappa shape index (κ3) is 4.31. The smallest absolute Gasteiger partial charge is 0.207 e. The van der Waals surface area contributed by atoms with Crippen molar-refractivity contribution in [2.45, 2.75) is 43.5 Å². The first-order valence-corrected chi connectivity index (χ1v) is 10.2. The van der Waals surface area contributed by atoms with Crippen molar-refractivity contribution in [2.24, 2.45) is 0 Å². The molecule has 0 saturated carbocycles. The first kappa shape index (κ1) is 17.7. The molecule has 1 aliphatic heterocycles. The topological polar surface area (TPSA) is 37.4 Å². The van der Waals surface area contributed by atoms with Gasteiger partial charge in [-0.05, 0) is 44.0 Å². The van der Waals surface area contributed by atoms with Gasteiger partial charge in [0.1, 0.15) is 0 Å². The maximum atomic E-state index is 13.1. The van der Waals surface area contributed by atoms with Crippen molar-refractivity contribution < 1.29 is 8.42 Å². The summed E-state index contributed by atoms with van der Waals surface area (Å²) in [5, 5.41) is 0. The maximum absolute atomic E-state index is 13.1. The molecule has 1 heterocycles. The minimum absolute atomic E-state index is 0.269. The van der Waals surface area contributed by atoms with E-state index in [-0.39, 0.29) is 6.04 Å². The van der Waals surface area contributed by atoms with E-state index in [1.54, 1.807) is 16.4 Å². The lowest BCUT2D eigenvalue weighted by Crippen LogP contribution is -2.39. The van der Waals surface area contributed by atoms with Gasteiger partial charge in [-0.15, -0.1) is 0 Å². The molecule has 0 amide bonds. The zero-order valence-electron chi connectivity index (χ0n) is 14.5. The highest BCUT2D eigenvalue weighted by atomic mass is 32.2. The van der Waals surface area contributed by atoms with Gasteiger partial charge in [-0.3, -0.25) is 0 Å². The van der Waals surface area contributed by atoms with Crippen LogP contribution in [0.15, 0.2) is 59.5 Å². The van der Waals surface area contributed by atoms with Crippen LogP contribution in [0.3, 0.4) is 0 Å². The largest absolute Gasteiger partial charge is 0.244 e. The van der Waals surface area contributed by atoms with Crippen LogP contribution < -0.4 is 0 Å². The van der Waals surface area contributed by atoms with E-state index in [2.05, 4.69) is 11.8 Å². The van der Waals surface area contributed by atoms with Crippen LogP contribution in [0.25, 0.3) is 0 Å². The number of benzene rings is 2. The Bertz CT molecular complexity index is 862. The molecule has 0 N–H and O–H groups in total. The van der Waals surface area contributed by atoms with Crippen LogP contribution in [0.5, 0.6) is 0 Å². The second-order valence-electron chi connectivity index (χ2n) is 6.43. The average Bonchev–Trinajstić information content (AvgIpc) is 2.87. The summed E-state index contributed by atoms with van der Waals surface area (Å²) in [6, 6.07) is 16.5. The molecule has 4 heteroatoms. The number of rotatable bonds is 2. The van der Waals surface area contributed by atoms with Gasteiger partial charge < -0.3 is 0 Å². The number of nitrogens with zero attached hydrogens (tertiary/aromatic N) is 1. The molecular weight excluding hydrogens is 330 g/mol. The van der Waals surface area contributed by atoms with Crippen molar-refractivity contribution in [1.29, 1.82) is 0 Å². The monoisotopic (exact) mass is 353 g/mol. The van der Waals surface area contributed by atoms with Crippen molar-refractivity contribution in [2.75, 3.05) is 6.54 Å². The minimum Gasteiger partial charge on any atom is -0.207 e. The van der Waals surface area contributed by atoms with E-state index in [1.807, 2.05) is 49.4 Å². The van der Waals surface area contributed by atoms with Gasteiger partial charge in [0.25, 0.3) is 0 Å². The fourth-order valence-corrected chi connectivity index (χ4v) is 4.66. The molecule has 0 bridgehead atoms. The van der Waals surface area contributed by atoms with Crippen molar-refractivity contribution in [3.05, 3.63) is 65.7 Å². The summed E-state index contributed by atoms with van der Waals surface area (Å²) < 4.78 is 27.9. The molecule has 3 rings (SSSR count). The Morgan fingerprint density at radius 2 is 1.68 bits per heavy atom. The maximum Gasteiger partial charge on any atom is 0.244 e. The predicted molar refractivity (Wildman–Crippen MR) is 101 cm³/mol. The van der Waals surface area contributed by atoms with E-state index >= 15 is 0 Å². The zero-order valence-corrected chi connectivity index (χ0v) is 15.3. The number of aryl methyl sites for hydroxylation is 1. The minimum atomic E-state index is -3.52. The van der Waals surface area contributed by atoms with E-state index in [9.17, 15) is 8.42 Å². The molecule has 2 aromatic carbocycles. The molecule has 1 fully saturated rings. The lowest BCUT2D eigenvalue weighted by Gasteiger charge is -2.25.